The van der Waals surface area contributed by atoms with Crippen LogP contribution >= 0.6 is 0 Å². The van der Waals surface area contributed by atoms with Crippen molar-refractivity contribution >= 4 is 10.9 Å². The zero-order valence-corrected chi connectivity index (χ0v) is 13.9. The van der Waals surface area contributed by atoms with Crippen molar-refractivity contribution < 1.29 is 0 Å². The summed E-state index contributed by atoms with van der Waals surface area (Å²) in [7, 11) is 0. The van der Waals surface area contributed by atoms with E-state index in [2.05, 4.69) is 95.2 Å². The standard InChI is InChI=1S/C23H20N2/c1-3-9-16(10-4-1)20-15-21-22(18-13-7-8-14-19(18)24-21)23(25-20)17-11-5-2-6-12-17/h1-14,20,23-25H,15H2. The van der Waals surface area contributed by atoms with E-state index < -0.39 is 0 Å². The molecule has 0 radical (unpaired) electrons. The van der Waals surface area contributed by atoms with Gasteiger partial charge in [-0.05, 0) is 17.2 Å². The maximum absolute atomic E-state index is 3.90. The second-order valence-corrected chi connectivity index (χ2v) is 6.74. The molecule has 3 aromatic carbocycles. The van der Waals surface area contributed by atoms with Crippen LogP contribution in [0.2, 0.25) is 0 Å². The first-order valence-electron chi connectivity index (χ1n) is 8.85. The second kappa shape index (κ2) is 5.91. The summed E-state index contributed by atoms with van der Waals surface area (Å²) in [6, 6.07) is 30.7. The molecule has 25 heavy (non-hydrogen) atoms. The number of H-pyrrole nitrogens is 1. The van der Waals surface area contributed by atoms with Gasteiger partial charge in [0.1, 0.15) is 0 Å². The van der Waals surface area contributed by atoms with Gasteiger partial charge in [-0.2, -0.15) is 0 Å². The predicted octanol–water partition coefficient (Wildman–Crippen LogP) is 5.14. The summed E-state index contributed by atoms with van der Waals surface area (Å²) >= 11 is 0. The Kier molecular flexibility index (Phi) is 3.43. The van der Waals surface area contributed by atoms with Crippen LogP contribution in [0.25, 0.3) is 10.9 Å². The molecule has 0 aliphatic carbocycles. The van der Waals surface area contributed by atoms with Crippen LogP contribution in [0.1, 0.15) is 34.5 Å². The molecular formula is C23H20N2. The van der Waals surface area contributed by atoms with E-state index in [0.29, 0.717) is 6.04 Å². The lowest BCUT2D eigenvalue weighted by molar-refractivity contribution is 0.450. The molecule has 5 rings (SSSR count). The van der Waals surface area contributed by atoms with Crippen molar-refractivity contribution in [3.05, 3.63) is 107 Å². The number of aromatic amines is 1. The topological polar surface area (TPSA) is 27.8 Å². The number of fused-ring (bicyclic) bond motifs is 3. The maximum atomic E-state index is 3.90. The minimum atomic E-state index is 0.200. The zero-order chi connectivity index (χ0) is 16.6. The third-order valence-electron chi connectivity index (χ3n) is 5.23. The Hall–Kier alpha value is -2.84. The van der Waals surface area contributed by atoms with E-state index >= 15 is 0 Å². The average Bonchev–Trinajstić information content (AvgIpc) is 3.07. The van der Waals surface area contributed by atoms with Crippen molar-refractivity contribution in [2.24, 2.45) is 0 Å². The monoisotopic (exact) mass is 324 g/mol. The van der Waals surface area contributed by atoms with Crippen LogP contribution in [0.3, 0.4) is 0 Å². The molecule has 2 unspecified atom stereocenters. The molecule has 122 valence electrons. The van der Waals surface area contributed by atoms with Gasteiger partial charge in [0.15, 0.2) is 0 Å². The number of benzene rings is 3. The number of nitrogens with one attached hydrogen (secondary N) is 2. The van der Waals surface area contributed by atoms with E-state index in [0.717, 1.165) is 6.42 Å². The first-order valence-corrected chi connectivity index (χ1v) is 8.85. The fourth-order valence-corrected chi connectivity index (χ4v) is 4.07. The van der Waals surface area contributed by atoms with Crippen LogP contribution in [0.15, 0.2) is 84.9 Å². The van der Waals surface area contributed by atoms with Crippen molar-refractivity contribution in [3.8, 4) is 0 Å². The molecule has 0 bridgehead atoms. The zero-order valence-electron chi connectivity index (χ0n) is 13.9. The molecule has 2 atom stereocenters. The lowest BCUT2D eigenvalue weighted by atomic mass is 9.87. The van der Waals surface area contributed by atoms with Crippen LogP contribution in [0.4, 0.5) is 0 Å². The lowest BCUT2D eigenvalue weighted by Crippen LogP contribution is -2.33. The van der Waals surface area contributed by atoms with Crippen molar-refractivity contribution in [1.82, 2.24) is 10.3 Å². The predicted molar refractivity (Wildman–Crippen MR) is 103 cm³/mol. The Labute approximate surface area is 147 Å². The van der Waals surface area contributed by atoms with Crippen LogP contribution in [-0.2, 0) is 6.42 Å². The highest BCUT2D eigenvalue weighted by Crippen LogP contribution is 2.39. The summed E-state index contributed by atoms with van der Waals surface area (Å²) < 4.78 is 0. The minimum absolute atomic E-state index is 0.200. The fraction of sp³-hybridized carbons (Fsp3) is 0.130. The van der Waals surface area contributed by atoms with Gasteiger partial charge in [-0.25, -0.2) is 0 Å². The van der Waals surface area contributed by atoms with Gasteiger partial charge in [0.05, 0.1) is 6.04 Å². The molecule has 2 heteroatoms. The average molecular weight is 324 g/mol. The summed E-state index contributed by atoms with van der Waals surface area (Å²) in [6.45, 7) is 0. The number of aromatic nitrogens is 1. The van der Waals surface area contributed by atoms with Crippen molar-refractivity contribution in [2.75, 3.05) is 0 Å². The van der Waals surface area contributed by atoms with Crippen LogP contribution in [-0.4, -0.2) is 4.98 Å². The Bertz CT molecular complexity index is 1000. The second-order valence-electron chi connectivity index (χ2n) is 6.74. The van der Waals surface area contributed by atoms with E-state index in [4.69, 9.17) is 0 Å². The highest BCUT2D eigenvalue weighted by molar-refractivity contribution is 5.86. The van der Waals surface area contributed by atoms with Gasteiger partial charge in [0, 0.05) is 34.6 Å². The number of rotatable bonds is 2. The van der Waals surface area contributed by atoms with E-state index in [1.54, 1.807) is 0 Å². The Morgan fingerprint density at radius 2 is 1.32 bits per heavy atom. The molecule has 2 N–H and O–H groups in total. The maximum Gasteiger partial charge on any atom is 0.0605 e. The fourth-order valence-electron chi connectivity index (χ4n) is 4.07. The first-order chi connectivity index (χ1) is 12.4. The quantitative estimate of drug-likeness (QED) is 0.525. The lowest BCUT2D eigenvalue weighted by Gasteiger charge is -2.32. The highest BCUT2D eigenvalue weighted by atomic mass is 15.0. The van der Waals surface area contributed by atoms with Gasteiger partial charge in [0.2, 0.25) is 0 Å². The minimum Gasteiger partial charge on any atom is -0.358 e. The van der Waals surface area contributed by atoms with Crippen molar-refractivity contribution in [2.45, 2.75) is 18.5 Å². The van der Waals surface area contributed by atoms with E-state index in [9.17, 15) is 0 Å². The smallest absolute Gasteiger partial charge is 0.0605 e. The van der Waals surface area contributed by atoms with Crippen LogP contribution in [0, 0.1) is 0 Å². The van der Waals surface area contributed by atoms with Gasteiger partial charge >= 0.3 is 0 Å². The molecular weight excluding hydrogens is 304 g/mol. The first kappa shape index (κ1) is 14.5. The summed E-state index contributed by atoms with van der Waals surface area (Å²) in [4.78, 5) is 3.68. The molecule has 0 fully saturated rings. The molecule has 1 aliphatic heterocycles. The van der Waals surface area contributed by atoms with Gasteiger partial charge < -0.3 is 4.98 Å². The number of hydrogen-bond donors (Lipinski definition) is 2. The van der Waals surface area contributed by atoms with Gasteiger partial charge in [-0.3, -0.25) is 5.32 Å². The number of para-hydroxylation sites is 1. The van der Waals surface area contributed by atoms with Gasteiger partial charge in [0.25, 0.3) is 0 Å². The van der Waals surface area contributed by atoms with E-state index in [1.165, 1.54) is 33.3 Å². The van der Waals surface area contributed by atoms with Gasteiger partial charge in [-0.15, -0.1) is 0 Å². The molecule has 0 spiro atoms. The van der Waals surface area contributed by atoms with Gasteiger partial charge in [-0.1, -0.05) is 78.9 Å². The Morgan fingerprint density at radius 1 is 0.680 bits per heavy atom. The van der Waals surface area contributed by atoms with Crippen molar-refractivity contribution in [1.29, 1.82) is 0 Å². The number of hydrogen-bond acceptors (Lipinski definition) is 1. The third-order valence-corrected chi connectivity index (χ3v) is 5.23. The van der Waals surface area contributed by atoms with Crippen LogP contribution in [0.5, 0.6) is 0 Å². The SMILES string of the molecule is c1ccc(C2Cc3[nH]c4ccccc4c3C(c3ccccc3)N2)cc1. The molecule has 0 saturated carbocycles. The highest BCUT2D eigenvalue weighted by Gasteiger charge is 2.31. The summed E-state index contributed by atoms with van der Waals surface area (Å²) in [6.07, 6.45) is 0.983. The summed E-state index contributed by atoms with van der Waals surface area (Å²) in [5.74, 6) is 0. The summed E-state index contributed by atoms with van der Waals surface area (Å²) in [5.41, 5.74) is 6.63. The third kappa shape index (κ3) is 2.46. The van der Waals surface area contributed by atoms with E-state index in [1.807, 2.05) is 0 Å². The molecule has 2 nitrogen and oxygen atoms in total. The molecule has 0 amide bonds. The largest absolute Gasteiger partial charge is 0.358 e. The van der Waals surface area contributed by atoms with Crippen LogP contribution < -0.4 is 5.32 Å². The molecule has 0 saturated heterocycles. The van der Waals surface area contributed by atoms with E-state index in [-0.39, 0.29) is 6.04 Å². The molecule has 1 aromatic heterocycles. The molecule has 2 heterocycles. The Balaban J connectivity index is 1.68. The Morgan fingerprint density at radius 3 is 2.08 bits per heavy atom. The normalized spacial score (nSPS) is 19.7. The van der Waals surface area contributed by atoms with Crippen molar-refractivity contribution in [3.63, 3.8) is 0 Å². The molecule has 4 aromatic rings. The molecule has 1 aliphatic rings. The summed E-state index contributed by atoms with van der Waals surface area (Å²) in [5, 5.41) is 5.22.